The molecule has 2 fully saturated rings. The van der Waals surface area contributed by atoms with Crippen molar-refractivity contribution in [1.29, 1.82) is 0 Å². The molecule has 1 aromatic heterocycles. The van der Waals surface area contributed by atoms with Crippen LogP contribution in [0.4, 0.5) is 10.2 Å². The number of halogens is 3. The Morgan fingerprint density at radius 1 is 1.32 bits per heavy atom. The number of rotatable bonds is 4. The van der Waals surface area contributed by atoms with Gasteiger partial charge in [-0.15, -0.1) is 0 Å². The number of benzene rings is 1. The molecule has 1 saturated heterocycles. The highest BCUT2D eigenvalue weighted by atomic mass is 35.5. The maximum Gasteiger partial charge on any atom is 0.166 e. The van der Waals surface area contributed by atoms with Crippen LogP contribution in [-0.2, 0) is 0 Å². The molecule has 1 saturated carbocycles. The molecule has 31 heavy (non-hydrogen) atoms. The van der Waals surface area contributed by atoms with Crippen molar-refractivity contribution in [2.75, 3.05) is 18.8 Å². The topological polar surface area (TPSA) is 77.4 Å². The molecule has 4 N–H and O–H groups in total. The number of aromatic nitrogens is 1. The van der Waals surface area contributed by atoms with Gasteiger partial charge in [-0.25, -0.2) is 9.37 Å². The molecule has 8 heteroatoms. The van der Waals surface area contributed by atoms with Crippen molar-refractivity contribution in [3.05, 3.63) is 51.4 Å². The van der Waals surface area contributed by atoms with Crippen LogP contribution >= 0.6 is 23.2 Å². The van der Waals surface area contributed by atoms with Crippen LogP contribution in [0.1, 0.15) is 43.9 Å². The van der Waals surface area contributed by atoms with Crippen LogP contribution in [0.2, 0.25) is 10.0 Å². The molecule has 0 bridgehead atoms. The fourth-order valence-corrected chi connectivity index (χ4v) is 4.76. The highest BCUT2D eigenvalue weighted by molar-refractivity contribution is 6.36. The van der Waals surface area contributed by atoms with Gasteiger partial charge in [0.1, 0.15) is 11.9 Å². The van der Waals surface area contributed by atoms with Gasteiger partial charge in [-0.3, -0.25) is 4.90 Å². The van der Waals surface area contributed by atoms with Crippen molar-refractivity contribution in [3.63, 3.8) is 0 Å². The first-order chi connectivity index (χ1) is 14.7. The number of pyridine rings is 1. The summed E-state index contributed by atoms with van der Waals surface area (Å²) in [4.78, 5) is 6.52. The van der Waals surface area contributed by atoms with E-state index < -0.39 is 11.9 Å². The second-order valence-electron chi connectivity index (χ2n) is 8.47. The number of anilines is 1. The molecule has 0 radical (unpaired) electrons. The predicted molar refractivity (Wildman–Crippen MR) is 122 cm³/mol. The summed E-state index contributed by atoms with van der Waals surface area (Å²) in [5.41, 5.74) is 13.6. The summed E-state index contributed by atoms with van der Waals surface area (Å²) in [7, 11) is 0. The Labute approximate surface area is 191 Å². The Bertz CT molecular complexity index is 1060. The third-order valence-electron chi connectivity index (χ3n) is 6.27. The second-order valence-corrected chi connectivity index (χ2v) is 9.25. The molecule has 1 spiro atoms. The maximum absolute atomic E-state index is 13.9. The summed E-state index contributed by atoms with van der Waals surface area (Å²) < 4.78 is 19.8. The van der Waals surface area contributed by atoms with E-state index in [1.807, 2.05) is 0 Å². The minimum absolute atomic E-state index is 0.0754. The summed E-state index contributed by atoms with van der Waals surface area (Å²) in [5, 5.41) is 0.237. The van der Waals surface area contributed by atoms with Crippen LogP contribution < -0.4 is 16.2 Å². The molecule has 2 aliphatic rings. The fourth-order valence-electron chi connectivity index (χ4n) is 4.08. The Balaban J connectivity index is 1.49. The Morgan fingerprint density at radius 2 is 2.06 bits per heavy atom. The third kappa shape index (κ3) is 4.47. The lowest BCUT2D eigenvalue weighted by Gasteiger charge is -2.19. The number of ether oxygens (including phenoxy) is 1. The molecule has 5 nitrogen and oxygen atoms in total. The number of likely N-dealkylation sites (tertiary alicyclic amines) is 1. The first-order valence-electron chi connectivity index (χ1n) is 10.3. The molecule has 1 aliphatic heterocycles. The van der Waals surface area contributed by atoms with Crippen LogP contribution in [0.15, 0.2) is 24.4 Å². The summed E-state index contributed by atoms with van der Waals surface area (Å²) in [6.07, 6.45) is 3.39. The van der Waals surface area contributed by atoms with E-state index in [1.165, 1.54) is 25.0 Å². The number of nitrogen functional groups attached to an aromatic ring is 1. The van der Waals surface area contributed by atoms with E-state index in [-0.39, 0.29) is 22.9 Å². The van der Waals surface area contributed by atoms with Crippen LogP contribution in [0.3, 0.4) is 0 Å². The summed E-state index contributed by atoms with van der Waals surface area (Å²) >= 11 is 12.3. The van der Waals surface area contributed by atoms with Gasteiger partial charge in [0.15, 0.2) is 11.6 Å². The van der Waals surface area contributed by atoms with E-state index >= 15 is 0 Å². The maximum atomic E-state index is 13.9. The van der Waals surface area contributed by atoms with Crippen molar-refractivity contribution in [3.8, 4) is 17.6 Å². The average molecular weight is 463 g/mol. The van der Waals surface area contributed by atoms with Gasteiger partial charge in [0.2, 0.25) is 0 Å². The fraction of sp³-hybridized carbons (Fsp3) is 0.435. The lowest BCUT2D eigenvalue weighted by Crippen LogP contribution is -2.33. The largest absolute Gasteiger partial charge is 0.482 e. The van der Waals surface area contributed by atoms with E-state index in [1.54, 1.807) is 19.2 Å². The Kier molecular flexibility index (Phi) is 6.06. The van der Waals surface area contributed by atoms with Gasteiger partial charge in [0.25, 0.3) is 0 Å². The van der Waals surface area contributed by atoms with Crippen molar-refractivity contribution < 1.29 is 9.13 Å². The first kappa shape index (κ1) is 22.2. The molecule has 4 rings (SSSR count). The second kappa shape index (κ2) is 8.48. The molecule has 1 aromatic carbocycles. The first-order valence-corrected chi connectivity index (χ1v) is 11.0. The number of hydrogen-bond donors (Lipinski definition) is 2. The van der Waals surface area contributed by atoms with E-state index in [0.717, 1.165) is 13.1 Å². The molecule has 1 aliphatic carbocycles. The van der Waals surface area contributed by atoms with Gasteiger partial charge in [-0.05, 0) is 44.2 Å². The minimum atomic E-state index is -0.636. The molecule has 2 heterocycles. The smallest absolute Gasteiger partial charge is 0.166 e. The zero-order valence-corrected chi connectivity index (χ0v) is 19.0. The van der Waals surface area contributed by atoms with E-state index in [9.17, 15) is 4.39 Å². The van der Waals surface area contributed by atoms with E-state index in [2.05, 4.69) is 28.6 Å². The van der Waals surface area contributed by atoms with Gasteiger partial charge in [0.05, 0.1) is 11.1 Å². The Morgan fingerprint density at radius 3 is 2.74 bits per heavy atom. The van der Waals surface area contributed by atoms with Gasteiger partial charge >= 0.3 is 0 Å². The molecule has 164 valence electrons. The lowest BCUT2D eigenvalue weighted by atomic mass is 10.0. The van der Waals surface area contributed by atoms with Gasteiger partial charge in [-0.2, -0.15) is 0 Å². The number of nitrogens with zero attached hydrogens (tertiary/aromatic N) is 2. The van der Waals surface area contributed by atoms with Gasteiger partial charge < -0.3 is 16.2 Å². The number of hydrogen-bond acceptors (Lipinski definition) is 5. The van der Waals surface area contributed by atoms with Crippen LogP contribution in [0, 0.1) is 23.1 Å². The van der Waals surface area contributed by atoms with Crippen LogP contribution in [0.5, 0.6) is 5.75 Å². The minimum Gasteiger partial charge on any atom is -0.482 e. The molecule has 2 unspecified atom stereocenters. The summed E-state index contributed by atoms with van der Waals surface area (Å²) in [6, 6.07) is 4.69. The molecule has 2 aromatic rings. The zero-order chi connectivity index (χ0) is 22.3. The molecule has 3 atom stereocenters. The van der Waals surface area contributed by atoms with E-state index in [4.69, 9.17) is 39.4 Å². The standard InChI is InChI=1S/C23H25Cl2FN4O/c1-13(30-11-19(27)23(12-30)7-8-23)3-4-15-9-18(22(28)29-10-15)31-14(2)20-16(24)5-6-17(26)21(20)25/h5-6,9-10,13-14,19H,7-8,11-12,27H2,1-2H3,(H2,28,29)/t13?,14-,19?/m1/s1. The Hall–Kier alpha value is -2.04. The van der Waals surface area contributed by atoms with Crippen molar-refractivity contribution >= 4 is 29.0 Å². The zero-order valence-electron chi connectivity index (χ0n) is 17.5. The SMILES string of the molecule is CC(C#Cc1cnc(N)c(O[C@H](C)c2c(Cl)ccc(F)c2Cl)c1)N1CC(N)C2(CC2)C1. The van der Waals surface area contributed by atoms with Crippen molar-refractivity contribution in [1.82, 2.24) is 9.88 Å². The molecular formula is C23H25Cl2FN4O. The number of nitrogens with two attached hydrogens (primary N) is 2. The quantitative estimate of drug-likeness (QED) is 0.519. The van der Waals surface area contributed by atoms with Gasteiger partial charge in [0, 0.05) is 47.5 Å². The highest BCUT2D eigenvalue weighted by Crippen LogP contribution is 2.52. The van der Waals surface area contributed by atoms with E-state index in [0.29, 0.717) is 27.3 Å². The summed E-state index contributed by atoms with van der Waals surface area (Å²) in [5.74, 6) is 6.41. The highest BCUT2D eigenvalue weighted by Gasteiger charge is 2.53. The predicted octanol–water partition coefficient (Wildman–Crippen LogP) is 4.41. The van der Waals surface area contributed by atoms with Crippen molar-refractivity contribution in [2.24, 2.45) is 11.1 Å². The molecule has 0 amide bonds. The normalized spacial score (nSPS) is 21.4. The van der Waals surface area contributed by atoms with Crippen LogP contribution in [0.25, 0.3) is 0 Å². The molecular weight excluding hydrogens is 438 g/mol. The average Bonchev–Trinajstić information content (AvgIpc) is 3.44. The van der Waals surface area contributed by atoms with Gasteiger partial charge in [-0.1, -0.05) is 35.0 Å². The lowest BCUT2D eigenvalue weighted by molar-refractivity contribution is 0.227. The van der Waals surface area contributed by atoms with Crippen molar-refractivity contribution in [2.45, 2.75) is 44.9 Å². The third-order valence-corrected chi connectivity index (χ3v) is 6.99. The monoisotopic (exact) mass is 462 g/mol. The summed E-state index contributed by atoms with van der Waals surface area (Å²) in [6.45, 7) is 5.68. The van der Waals surface area contributed by atoms with Crippen LogP contribution in [-0.4, -0.2) is 35.1 Å².